The highest BCUT2D eigenvalue weighted by atomic mass is 35.5. The van der Waals surface area contributed by atoms with Crippen LogP contribution in [0.4, 0.5) is 5.69 Å². The average Bonchev–Trinajstić information content (AvgIpc) is 3.17. The molecule has 3 rings (SSSR count). The molecule has 0 saturated carbocycles. The molecule has 0 atom stereocenters. The third kappa shape index (κ3) is 5.87. The third-order valence-electron chi connectivity index (χ3n) is 4.39. The molecule has 2 N–H and O–H groups in total. The van der Waals surface area contributed by atoms with Gasteiger partial charge in [-0.2, -0.15) is 5.10 Å². The van der Waals surface area contributed by atoms with Crippen LogP contribution in [-0.4, -0.2) is 45.0 Å². The first-order valence-electron chi connectivity index (χ1n) is 9.91. The molecule has 1 aromatic carbocycles. The molecule has 0 saturated heterocycles. The quantitative estimate of drug-likeness (QED) is 0.273. The van der Waals surface area contributed by atoms with E-state index in [1.807, 2.05) is 20.8 Å². The van der Waals surface area contributed by atoms with E-state index in [1.165, 1.54) is 18.0 Å². The van der Waals surface area contributed by atoms with Crippen LogP contribution in [0.3, 0.4) is 0 Å². The second-order valence-corrected chi connectivity index (χ2v) is 8.57. The van der Waals surface area contributed by atoms with Crippen LogP contribution in [-0.2, 0) is 4.84 Å². The lowest BCUT2D eigenvalue weighted by atomic mass is 10.1. The van der Waals surface area contributed by atoms with Gasteiger partial charge in [-0.25, -0.2) is 9.67 Å². The topological polar surface area (TPSA) is 93.4 Å². The molecule has 0 aliphatic heterocycles. The van der Waals surface area contributed by atoms with Crippen molar-refractivity contribution < 1.29 is 9.63 Å². The maximum atomic E-state index is 12.8. The van der Waals surface area contributed by atoms with Gasteiger partial charge < -0.3 is 15.5 Å². The number of pyridine rings is 1. The van der Waals surface area contributed by atoms with Gasteiger partial charge in [-0.15, -0.1) is 0 Å². The van der Waals surface area contributed by atoms with Gasteiger partial charge in [0.1, 0.15) is 23.5 Å². The SMILES string of the molecule is CO/N=C/c1cc(C(=S)Nc2c(C)cc(Cl)cc2C(=O)NC(C)C)n(-c2ncccc2Cl)n1. The molecule has 3 aromatic rings. The van der Waals surface area contributed by atoms with Gasteiger partial charge in [0.05, 0.1) is 22.5 Å². The fourth-order valence-electron chi connectivity index (χ4n) is 3.03. The number of anilines is 1. The molecule has 0 bridgehead atoms. The number of nitrogens with one attached hydrogen (secondary N) is 2. The first kappa shape index (κ1) is 24.6. The van der Waals surface area contributed by atoms with Crippen LogP contribution in [0, 0.1) is 6.92 Å². The number of nitrogens with zero attached hydrogens (tertiary/aromatic N) is 4. The van der Waals surface area contributed by atoms with E-state index in [0.29, 0.717) is 43.5 Å². The van der Waals surface area contributed by atoms with E-state index in [9.17, 15) is 4.79 Å². The van der Waals surface area contributed by atoms with Crippen LogP contribution in [0.5, 0.6) is 0 Å². The van der Waals surface area contributed by atoms with Gasteiger partial charge in [0.25, 0.3) is 5.91 Å². The zero-order valence-electron chi connectivity index (χ0n) is 18.4. The van der Waals surface area contributed by atoms with Crippen molar-refractivity contribution in [3.8, 4) is 5.82 Å². The molecule has 172 valence electrons. The van der Waals surface area contributed by atoms with Crippen LogP contribution >= 0.6 is 35.4 Å². The lowest BCUT2D eigenvalue weighted by Crippen LogP contribution is -2.31. The second kappa shape index (κ2) is 10.7. The van der Waals surface area contributed by atoms with Crippen LogP contribution in [0.15, 0.2) is 41.7 Å². The third-order valence-corrected chi connectivity index (χ3v) is 5.22. The van der Waals surface area contributed by atoms with Crippen molar-refractivity contribution in [3.63, 3.8) is 0 Å². The number of carbonyl (C=O) groups is 1. The van der Waals surface area contributed by atoms with Crippen molar-refractivity contribution in [2.75, 3.05) is 12.4 Å². The summed E-state index contributed by atoms with van der Waals surface area (Å²) in [6.45, 7) is 5.60. The van der Waals surface area contributed by atoms with Crippen LogP contribution in [0.25, 0.3) is 5.82 Å². The molecule has 0 spiro atoms. The number of carbonyl (C=O) groups excluding carboxylic acids is 1. The number of halogens is 2. The smallest absolute Gasteiger partial charge is 0.253 e. The molecular formula is C22H22Cl2N6O2S. The minimum Gasteiger partial charge on any atom is -0.399 e. The Morgan fingerprint density at radius 1 is 1.30 bits per heavy atom. The van der Waals surface area contributed by atoms with Gasteiger partial charge in [-0.05, 0) is 56.7 Å². The van der Waals surface area contributed by atoms with Gasteiger partial charge in [0, 0.05) is 17.3 Å². The maximum Gasteiger partial charge on any atom is 0.253 e. The van der Waals surface area contributed by atoms with Crippen LogP contribution < -0.4 is 10.6 Å². The number of amides is 1. The van der Waals surface area contributed by atoms with Crippen molar-refractivity contribution in [3.05, 3.63) is 69.1 Å². The largest absolute Gasteiger partial charge is 0.399 e. The highest BCUT2D eigenvalue weighted by Gasteiger charge is 2.21. The summed E-state index contributed by atoms with van der Waals surface area (Å²) in [6, 6.07) is 8.43. The van der Waals surface area contributed by atoms with E-state index in [4.69, 9.17) is 40.3 Å². The van der Waals surface area contributed by atoms with Crippen molar-refractivity contribution >= 4 is 58.2 Å². The monoisotopic (exact) mass is 504 g/mol. The molecule has 0 radical (unpaired) electrons. The molecule has 11 heteroatoms. The minimum atomic E-state index is -0.268. The Kier molecular flexibility index (Phi) is 8.01. The number of aryl methyl sites for hydroxylation is 1. The van der Waals surface area contributed by atoms with Crippen molar-refractivity contribution in [1.82, 2.24) is 20.1 Å². The number of aromatic nitrogens is 3. The number of oxime groups is 1. The predicted octanol–water partition coefficient (Wildman–Crippen LogP) is 4.79. The second-order valence-electron chi connectivity index (χ2n) is 7.32. The van der Waals surface area contributed by atoms with E-state index in [0.717, 1.165) is 5.56 Å². The summed E-state index contributed by atoms with van der Waals surface area (Å²) in [6.07, 6.45) is 3.04. The Bertz CT molecular complexity index is 1230. The average molecular weight is 505 g/mol. The normalized spacial score (nSPS) is 11.1. The van der Waals surface area contributed by atoms with E-state index >= 15 is 0 Å². The molecule has 33 heavy (non-hydrogen) atoms. The lowest BCUT2D eigenvalue weighted by molar-refractivity contribution is 0.0944. The molecule has 0 aliphatic carbocycles. The van der Waals surface area contributed by atoms with E-state index < -0.39 is 0 Å². The molecule has 8 nitrogen and oxygen atoms in total. The lowest BCUT2D eigenvalue weighted by Gasteiger charge is -2.17. The summed E-state index contributed by atoms with van der Waals surface area (Å²) in [7, 11) is 1.43. The molecule has 1 amide bonds. The van der Waals surface area contributed by atoms with Gasteiger partial charge >= 0.3 is 0 Å². The van der Waals surface area contributed by atoms with Crippen molar-refractivity contribution in [2.45, 2.75) is 26.8 Å². The fourth-order valence-corrected chi connectivity index (χ4v) is 3.75. The predicted molar refractivity (Wildman–Crippen MR) is 135 cm³/mol. The molecular weight excluding hydrogens is 483 g/mol. The summed E-state index contributed by atoms with van der Waals surface area (Å²) in [5.41, 5.74) is 2.63. The number of thiocarbonyl (C=S) groups is 1. The Hall–Kier alpha value is -3.01. The van der Waals surface area contributed by atoms with Crippen molar-refractivity contribution in [1.29, 1.82) is 0 Å². The van der Waals surface area contributed by atoms with Gasteiger partial charge in [0.2, 0.25) is 0 Å². The van der Waals surface area contributed by atoms with E-state index in [1.54, 1.807) is 36.5 Å². The van der Waals surface area contributed by atoms with Crippen LogP contribution in [0.2, 0.25) is 10.0 Å². The molecule has 0 unspecified atom stereocenters. The molecule has 0 aliphatic rings. The highest BCUT2D eigenvalue weighted by Crippen LogP contribution is 2.27. The minimum absolute atomic E-state index is 0.0491. The Labute approximate surface area is 206 Å². The number of benzene rings is 1. The summed E-state index contributed by atoms with van der Waals surface area (Å²) in [5, 5.41) is 15.1. The Morgan fingerprint density at radius 3 is 2.73 bits per heavy atom. The van der Waals surface area contributed by atoms with Crippen LogP contribution in [0.1, 0.15) is 41.2 Å². The number of hydrogen-bond acceptors (Lipinski definition) is 6. The zero-order chi connectivity index (χ0) is 24.1. The maximum absolute atomic E-state index is 12.8. The van der Waals surface area contributed by atoms with Gasteiger partial charge in [-0.3, -0.25) is 4.79 Å². The highest BCUT2D eigenvalue weighted by molar-refractivity contribution is 7.81. The first-order valence-corrected chi connectivity index (χ1v) is 11.1. The number of rotatable bonds is 7. The van der Waals surface area contributed by atoms with Gasteiger partial charge in [-0.1, -0.05) is 40.6 Å². The zero-order valence-corrected chi connectivity index (χ0v) is 20.7. The Balaban J connectivity index is 2.07. The molecule has 0 fully saturated rings. The van der Waals surface area contributed by atoms with Crippen molar-refractivity contribution in [2.24, 2.45) is 5.16 Å². The standard InChI is InChI=1S/C22H22Cl2N6O2S/c1-12(2)27-21(31)16-9-14(23)8-13(3)19(16)28-22(33)18-10-15(11-26-32-4)29-30(18)20-17(24)6-5-7-25-20/h5-12H,1-4H3,(H,27,31)(H,28,33)/b26-11+. The summed E-state index contributed by atoms with van der Waals surface area (Å²) >= 11 is 18.3. The molecule has 2 aromatic heterocycles. The summed E-state index contributed by atoms with van der Waals surface area (Å²) in [5.74, 6) is 0.121. The first-order chi connectivity index (χ1) is 15.7. The van der Waals surface area contributed by atoms with E-state index in [-0.39, 0.29) is 11.9 Å². The molecule has 2 heterocycles. The fraction of sp³-hybridized carbons (Fsp3) is 0.227. The summed E-state index contributed by atoms with van der Waals surface area (Å²) in [4.78, 5) is 22.2. The Morgan fingerprint density at radius 2 is 2.06 bits per heavy atom. The summed E-state index contributed by atoms with van der Waals surface area (Å²) < 4.78 is 1.51. The van der Waals surface area contributed by atoms with Gasteiger partial charge in [0.15, 0.2) is 5.82 Å². The van der Waals surface area contributed by atoms with E-state index in [2.05, 4.69) is 25.9 Å². The number of hydrogen-bond donors (Lipinski definition) is 2.